The molecule has 0 amide bonds. The third-order valence-electron chi connectivity index (χ3n) is 2.82. The van der Waals surface area contributed by atoms with E-state index in [1.807, 2.05) is 13.8 Å². The van der Waals surface area contributed by atoms with Crippen LogP contribution in [0.2, 0.25) is 0 Å². The Morgan fingerprint density at radius 2 is 1.80 bits per heavy atom. The molecule has 0 aromatic carbocycles. The highest BCUT2D eigenvalue weighted by Crippen LogP contribution is 2.21. The quantitative estimate of drug-likeness (QED) is 0.294. The molecule has 1 N–H and O–H groups in total. The molecule has 0 aliphatic rings. The van der Waals surface area contributed by atoms with Gasteiger partial charge in [-0.15, -0.1) is 0 Å². The average molecular weight is 218 g/mol. The molecule has 0 rings (SSSR count). The largest absolute Gasteiger partial charge is 0.366 e. The van der Waals surface area contributed by atoms with E-state index in [9.17, 15) is 5.11 Å². The molecule has 0 fully saturated rings. The Morgan fingerprint density at radius 3 is 2.27 bits per heavy atom. The molecule has 0 saturated carbocycles. The summed E-state index contributed by atoms with van der Waals surface area (Å²) >= 11 is 0. The molecule has 1 atom stereocenters. The number of unbranched alkanes of at least 4 members (excludes halogenated alkanes) is 2. The summed E-state index contributed by atoms with van der Waals surface area (Å²) in [4.78, 5) is 10.2. The molecular formula is C12H26O3. The maximum atomic E-state index is 9.47. The zero-order chi connectivity index (χ0) is 11.9. The SMILES string of the molecule is CCCCCC(O)OOC(C)(C)C(C)C. The lowest BCUT2D eigenvalue weighted by Crippen LogP contribution is -2.33. The molecule has 0 saturated heterocycles. The molecule has 0 spiro atoms. The van der Waals surface area contributed by atoms with Crippen molar-refractivity contribution in [3.8, 4) is 0 Å². The second kappa shape index (κ2) is 7.20. The van der Waals surface area contributed by atoms with E-state index in [2.05, 4.69) is 20.8 Å². The lowest BCUT2D eigenvalue weighted by atomic mass is 9.95. The second-order valence-corrected chi connectivity index (χ2v) is 4.89. The topological polar surface area (TPSA) is 38.7 Å². The van der Waals surface area contributed by atoms with E-state index >= 15 is 0 Å². The smallest absolute Gasteiger partial charge is 0.188 e. The zero-order valence-electron chi connectivity index (χ0n) is 10.7. The minimum absolute atomic E-state index is 0.348. The second-order valence-electron chi connectivity index (χ2n) is 4.89. The van der Waals surface area contributed by atoms with E-state index in [1.54, 1.807) is 0 Å². The highest BCUT2D eigenvalue weighted by atomic mass is 17.2. The molecule has 0 aromatic heterocycles. The minimum atomic E-state index is -0.797. The summed E-state index contributed by atoms with van der Waals surface area (Å²) in [5.41, 5.74) is -0.355. The van der Waals surface area contributed by atoms with Gasteiger partial charge in [-0.3, -0.25) is 0 Å². The fourth-order valence-corrected chi connectivity index (χ4v) is 0.893. The van der Waals surface area contributed by atoms with Crippen molar-refractivity contribution in [3.05, 3.63) is 0 Å². The van der Waals surface area contributed by atoms with Gasteiger partial charge in [0.25, 0.3) is 0 Å². The first kappa shape index (κ1) is 14.9. The van der Waals surface area contributed by atoms with Gasteiger partial charge < -0.3 is 5.11 Å². The summed E-state index contributed by atoms with van der Waals surface area (Å²) in [7, 11) is 0. The molecule has 0 aliphatic heterocycles. The summed E-state index contributed by atoms with van der Waals surface area (Å²) in [5, 5.41) is 9.47. The summed E-state index contributed by atoms with van der Waals surface area (Å²) < 4.78 is 0. The first-order valence-corrected chi connectivity index (χ1v) is 5.92. The molecule has 92 valence electrons. The van der Waals surface area contributed by atoms with Gasteiger partial charge in [-0.1, -0.05) is 33.6 Å². The van der Waals surface area contributed by atoms with E-state index in [1.165, 1.54) is 0 Å². The molecule has 0 heterocycles. The predicted octanol–water partition coefficient (Wildman–Crippen LogP) is 3.27. The van der Waals surface area contributed by atoms with Crippen molar-refractivity contribution >= 4 is 0 Å². The Morgan fingerprint density at radius 1 is 1.20 bits per heavy atom. The van der Waals surface area contributed by atoms with Crippen LogP contribution in [0, 0.1) is 5.92 Å². The number of rotatable bonds is 8. The van der Waals surface area contributed by atoms with Crippen molar-refractivity contribution in [2.75, 3.05) is 0 Å². The van der Waals surface area contributed by atoms with Crippen molar-refractivity contribution < 1.29 is 14.9 Å². The van der Waals surface area contributed by atoms with E-state index in [0.29, 0.717) is 12.3 Å². The Bertz CT molecular complexity index is 155. The highest BCUT2D eigenvalue weighted by molar-refractivity contribution is 4.70. The molecule has 0 radical (unpaired) electrons. The van der Waals surface area contributed by atoms with Crippen LogP contribution in [0.25, 0.3) is 0 Å². The monoisotopic (exact) mass is 218 g/mol. The van der Waals surface area contributed by atoms with Crippen LogP contribution in [0.5, 0.6) is 0 Å². The highest BCUT2D eigenvalue weighted by Gasteiger charge is 2.25. The summed E-state index contributed by atoms with van der Waals surface area (Å²) in [6, 6.07) is 0. The Labute approximate surface area is 93.7 Å². The van der Waals surface area contributed by atoms with Gasteiger partial charge in [0.1, 0.15) is 5.60 Å². The van der Waals surface area contributed by atoms with Crippen molar-refractivity contribution in [2.45, 2.75) is 72.2 Å². The van der Waals surface area contributed by atoms with Gasteiger partial charge in [-0.25, -0.2) is 9.78 Å². The molecule has 15 heavy (non-hydrogen) atoms. The fourth-order valence-electron chi connectivity index (χ4n) is 0.893. The number of aliphatic hydroxyl groups excluding tert-OH is 1. The first-order chi connectivity index (χ1) is 6.90. The lowest BCUT2D eigenvalue weighted by Gasteiger charge is -2.28. The summed E-state index contributed by atoms with van der Waals surface area (Å²) in [6.07, 6.45) is 3.08. The molecule has 1 unspecified atom stereocenters. The van der Waals surface area contributed by atoms with Gasteiger partial charge in [-0.05, 0) is 26.2 Å². The Kier molecular flexibility index (Phi) is 7.14. The van der Waals surface area contributed by atoms with Crippen molar-refractivity contribution in [1.29, 1.82) is 0 Å². The molecule has 0 aromatic rings. The molecule has 3 heteroatoms. The van der Waals surface area contributed by atoms with Gasteiger partial charge in [0.15, 0.2) is 6.29 Å². The van der Waals surface area contributed by atoms with Gasteiger partial charge >= 0.3 is 0 Å². The predicted molar refractivity (Wildman–Crippen MR) is 61.2 cm³/mol. The van der Waals surface area contributed by atoms with E-state index < -0.39 is 6.29 Å². The minimum Gasteiger partial charge on any atom is -0.366 e. The maximum absolute atomic E-state index is 9.47. The lowest BCUT2D eigenvalue weighted by molar-refractivity contribution is -0.420. The fraction of sp³-hybridized carbons (Fsp3) is 1.00. The number of aliphatic hydroxyl groups is 1. The van der Waals surface area contributed by atoms with Crippen molar-refractivity contribution in [3.63, 3.8) is 0 Å². The van der Waals surface area contributed by atoms with Crippen LogP contribution in [-0.2, 0) is 9.78 Å². The molecule has 0 aliphatic carbocycles. The normalized spacial score (nSPS) is 14.6. The van der Waals surface area contributed by atoms with Crippen LogP contribution in [-0.4, -0.2) is 17.0 Å². The zero-order valence-corrected chi connectivity index (χ0v) is 10.7. The van der Waals surface area contributed by atoms with Gasteiger partial charge in [0.05, 0.1) is 0 Å². The number of hydrogen-bond acceptors (Lipinski definition) is 3. The van der Waals surface area contributed by atoms with Crippen LogP contribution < -0.4 is 0 Å². The summed E-state index contributed by atoms with van der Waals surface area (Å²) in [5.74, 6) is 0.348. The van der Waals surface area contributed by atoms with Crippen molar-refractivity contribution in [1.82, 2.24) is 0 Å². The van der Waals surface area contributed by atoms with Crippen LogP contribution in [0.15, 0.2) is 0 Å². The first-order valence-electron chi connectivity index (χ1n) is 5.92. The van der Waals surface area contributed by atoms with Gasteiger partial charge in [-0.2, -0.15) is 0 Å². The third kappa shape index (κ3) is 6.88. The molecular weight excluding hydrogens is 192 g/mol. The third-order valence-corrected chi connectivity index (χ3v) is 2.82. The number of hydrogen-bond donors (Lipinski definition) is 1. The van der Waals surface area contributed by atoms with Gasteiger partial charge in [0, 0.05) is 6.42 Å². The van der Waals surface area contributed by atoms with Crippen LogP contribution in [0.3, 0.4) is 0 Å². The maximum Gasteiger partial charge on any atom is 0.188 e. The van der Waals surface area contributed by atoms with Gasteiger partial charge in [0.2, 0.25) is 0 Å². The molecule has 3 nitrogen and oxygen atoms in total. The summed E-state index contributed by atoms with van der Waals surface area (Å²) in [6.45, 7) is 10.2. The standard InChI is InChI=1S/C12H26O3/c1-6-7-8-9-11(13)14-15-12(4,5)10(2)3/h10-11,13H,6-9H2,1-5H3. The van der Waals surface area contributed by atoms with Crippen molar-refractivity contribution in [2.24, 2.45) is 5.92 Å². The van der Waals surface area contributed by atoms with E-state index in [0.717, 1.165) is 19.3 Å². The van der Waals surface area contributed by atoms with Crippen LogP contribution >= 0.6 is 0 Å². The Balaban J connectivity index is 3.65. The van der Waals surface area contributed by atoms with E-state index in [4.69, 9.17) is 9.78 Å². The van der Waals surface area contributed by atoms with Crippen LogP contribution in [0.1, 0.15) is 60.3 Å². The molecule has 0 bridgehead atoms. The van der Waals surface area contributed by atoms with Crippen LogP contribution in [0.4, 0.5) is 0 Å². The average Bonchev–Trinajstić information content (AvgIpc) is 2.15. The van der Waals surface area contributed by atoms with E-state index in [-0.39, 0.29) is 5.60 Å². The Hall–Kier alpha value is -0.120.